The van der Waals surface area contributed by atoms with Gasteiger partial charge in [-0.3, -0.25) is 4.79 Å². The molecule has 1 aliphatic rings. The summed E-state index contributed by atoms with van der Waals surface area (Å²) in [5.41, 5.74) is 0.812. The van der Waals surface area contributed by atoms with Gasteiger partial charge >= 0.3 is 0 Å². The summed E-state index contributed by atoms with van der Waals surface area (Å²) >= 11 is 0. The molecule has 2 rings (SSSR count). The first kappa shape index (κ1) is 12.9. The van der Waals surface area contributed by atoms with Gasteiger partial charge < -0.3 is 15.4 Å². The van der Waals surface area contributed by atoms with Crippen molar-refractivity contribution in [2.75, 3.05) is 19.0 Å². The highest BCUT2D eigenvalue weighted by atomic mass is 16.5. The van der Waals surface area contributed by atoms with Crippen molar-refractivity contribution in [3.63, 3.8) is 0 Å². The zero-order valence-electron chi connectivity index (χ0n) is 10.7. The number of ether oxygens (including phenoxy) is 1. The largest absolute Gasteiger partial charge is 0.497 e. The Bertz CT molecular complexity index is 381. The number of amides is 1. The van der Waals surface area contributed by atoms with E-state index in [0.29, 0.717) is 0 Å². The van der Waals surface area contributed by atoms with Gasteiger partial charge in [-0.15, -0.1) is 0 Å². The molecule has 4 nitrogen and oxygen atoms in total. The minimum Gasteiger partial charge on any atom is -0.497 e. The van der Waals surface area contributed by atoms with Crippen LogP contribution in [-0.4, -0.2) is 25.6 Å². The molecule has 0 aromatic heterocycles. The molecule has 0 aliphatic carbocycles. The number of benzene rings is 1. The molecule has 2 N–H and O–H groups in total. The van der Waals surface area contributed by atoms with Gasteiger partial charge in [-0.05, 0) is 43.7 Å². The predicted octanol–water partition coefficient (Wildman–Crippen LogP) is 2.17. The van der Waals surface area contributed by atoms with Gasteiger partial charge in [-0.25, -0.2) is 0 Å². The molecule has 18 heavy (non-hydrogen) atoms. The molecule has 1 fully saturated rings. The Kier molecular flexibility index (Phi) is 4.59. The molecule has 1 aromatic carbocycles. The van der Waals surface area contributed by atoms with Crippen LogP contribution in [0.25, 0.3) is 0 Å². The van der Waals surface area contributed by atoms with E-state index < -0.39 is 0 Å². The monoisotopic (exact) mass is 248 g/mol. The van der Waals surface area contributed by atoms with Crippen LogP contribution in [0.4, 0.5) is 5.69 Å². The molecule has 1 saturated heterocycles. The van der Waals surface area contributed by atoms with Crippen molar-refractivity contribution in [2.45, 2.75) is 31.7 Å². The van der Waals surface area contributed by atoms with Gasteiger partial charge in [-0.1, -0.05) is 12.8 Å². The van der Waals surface area contributed by atoms with Crippen molar-refractivity contribution in [2.24, 2.45) is 0 Å². The standard InChI is InChI=1S/C14H20N2O2/c1-18-12-8-6-11(7-9-12)16-14(17)13-5-3-2-4-10-15-13/h6-9,13,15H,2-5,10H2,1H3,(H,16,17)/t13-/m0/s1. The summed E-state index contributed by atoms with van der Waals surface area (Å²) in [6.45, 7) is 0.931. The number of rotatable bonds is 3. The smallest absolute Gasteiger partial charge is 0.241 e. The Morgan fingerprint density at radius 2 is 2.06 bits per heavy atom. The number of methoxy groups -OCH3 is 1. The molecule has 1 aromatic rings. The minimum absolute atomic E-state index is 0.0575. The van der Waals surface area contributed by atoms with E-state index in [1.165, 1.54) is 6.42 Å². The molecule has 1 aliphatic heterocycles. The third kappa shape index (κ3) is 3.47. The van der Waals surface area contributed by atoms with Gasteiger partial charge in [0.1, 0.15) is 5.75 Å². The highest BCUT2D eigenvalue weighted by molar-refractivity contribution is 5.94. The molecule has 0 unspecified atom stereocenters. The number of anilines is 1. The second-order valence-electron chi connectivity index (χ2n) is 4.57. The topological polar surface area (TPSA) is 50.4 Å². The maximum absolute atomic E-state index is 12.1. The molecular weight excluding hydrogens is 228 g/mol. The van der Waals surface area contributed by atoms with E-state index in [1.54, 1.807) is 7.11 Å². The lowest BCUT2D eigenvalue weighted by Gasteiger charge is -2.15. The molecule has 0 radical (unpaired) electrons. The summed E-state index contributed by atoms with van der Waals surface area (Å²) in [5.74, 6) is 0.850. The van der Waals surface area contributed by atoms with Crippen LogP contribution in [0, 0.1) is 0 Å². The molecule has 4 heteroatoms. The van der Waals surface area contributed by atoms with Crippen molar-refractivity contribution in [1.82, 2.24) is 5.32 Å². The molecule has 1 amide bonds. The maximum atomic E-state index is 12.1. The Labute approximate surface area is 108 Å². The van der Waals surface area contributed by atoms with Crippen LogP contribution in [0.15, 0.2) is 24.3 Å². The molecule has 0 bridgehead atoms. The molecule has 1 heterocycles. The van der Waals surface area contributed by atoms with Crippen LogP contribution in [0.2, 0.25) is 0 Å². The third-order valence-corrected chi connectivity index (χ3v) is 3.23. The quantitative estimate of drug-likeness (QED) is 0.862. The first-order chi connectivity index (χ1) is 8.79. The Morgan fingerprint density at radius 3 is 2.78 bits per heavy atom. The SMILES string of the molecule is COc1ccc(NC(=O)[C@@H]2CCCCCN2)cc1. The lowest BCUT2D eigenvalue weighted by molar-refractivity contribution is -0.118. The molecule has 1 atom stereocenters. The molecule has 0 saturated carbocycles. The zero-order chi connectivity index (χ0) is 12.8. The van der Waals surface area contributed by atoms with Gasteiger partial charge in [-0.2, -0.15) is 0 Å². The highest BCUT2D eigenvalue weighted by Crippen LogP contribution is 2.16. The van der Waals surface area contributed by atoms with E-state index >= 15 is 0 Å². The third-order valence-electron chi connectivity index (χ3n) is 3.23. The average molecular weight is 248 g/mol. The van der Waals surface area contributed by atoms with Crippen molar-refractivity contribution in [3.05, 3.63) is 24.3 Å². The molecular formula is C14H20N2O2. The second kappa shape index (κ2) is 6.40. The van der Waals surface area contributed by atoms with E-state index in [1.807, 2.05) is 24.3 Å². The number of nitrogens with one attached hydrogen (secondary N) is 2. The van der Waals surface area contributed by atoms with Gasteiger partial charge in [0.2, 0.25) is 5.91 Å². The Balaban J connectivity index is 1.92. The van der Waals surface area contributed by atoms with Crippen molar-refractivity contribution >= 4 is 11.6 Å². The van der Waals surface area contributed by atoms with Crippen LogP contribution in [0.1, 0.15) is 25.7 Å². The summed E-state index contributed by atoms with van der Waals surface area (Å²) < 4.78 is 5.08. The summed E-state index contributed by atoms with van der Waals surface area (Å²) in [5, 5.41) is 6.22. The Hall–Kier alpha value is -1.55. The summed E-state index contributed by atoms with van der Waals surface area (Å²) in [7, 11) is 1.63. The van der Waals surface area contributed by atoms with E-state index in [-0.39, 0.29) is 11.9 Å². The average Bonchev–Trinajstić information content (AvgIpc) is 2.68. The van der Waals surface area contributed by atoms with Crippen LogP contribution < -0.4 is 15.4 Å². The van der Waals surface area contributed by atoms with Crippen LogP contribution in [-0.2, 0) is 4.79 Å². The van der Waals surface area contributed by atoms with Crippen molar-refractivity contribution < 1.29 is 9.53 Å². The predicted molar refractivity (Wildman–Crippen MR) is 71.9 cm³/mol. The fourth-order valence-electron chi connectivity index (χ4n) is 2.16. The first-order valence-electron chi connectivity index (χ1n) is 6.48. The molecule has 0 spiro atoms. The van der Waals surface area contributed by atoms with E-state index in [4.69, 9.17) is 4.74 Å². The van der Waals surface area contributed by atoms with Crippen molar-refractivity contribution in [1.29, 1.82) is 0 Å². The number of hydrogen-bond donors (Lipinski definition) is 2. The lowest BCUT2D eigenvalue weighted by Crippen LogP contribution is -2.39. The summed E-state index contributed by atoms with van der Waals surface area (Å²) in [4.78, 5) is 12.1. The van der Waals surface area contributed by atoms with E-state index in [0.717, 1.165) is 37.2 Å². The molecule has 98 valence electrons. The maximum Gasteiger partial charge on any atom is 0.241 e. The first-order valence-corrected chi connectivity index (χ1v) is 6.48. The lowest BCUT2D eigenvalue weighted by atomic mass is 10.1. The van der Waals surface area contributed by atoms with E-state index in [9.17, 15) is 4.79 Å². The van der Waals surface area contributed by atoms with Gasteiger partial charge in [0.05, 0.1) is 13.2 Å². The normalized spacial score (nSPS) is 19.9. The zero-order valence-corrected chi connectivity index (χ0v) is 10.7. The van der Waals surface area contributed by atoms with Gasteiger partial charge in [0.15, 0.2) is 0 Å². The minimum atomic E-state index is -0.0606. The number of carbonyl (C=O) groups is 1. The van der Waals surface area contributed by atoms with E-state index in [2.05, 4.69) is 10.6 Å². The Morgan fingerprint density at radius 1 is 1.28 bits per heavy atom. The fourth-order valence-corrected chi connectivity index (χ4v) is 2.16. The number of carbonyl (C=O) groups excluding carboxylic acids is 1. The van der Waals surface area contributed by atoms with Gasteiger partial charge in [0, 0.05) is 5.69 Å². The summed E-state index contributed by atoms with van der Waals surface area (Å²) in [6, 6.07) is 7.34. The second-order valence-corrected chi connectivity index (χ2v) is 4.57. The van der Waals surface area contributed by atoms with Gasteiger partial charge in [0.25, 0.3) is 0 Å². The summed E-state index contributed by atoms with van der Waals surface area (Å²) in [6.07, 6.45) is 4.40. The highest BCUT2D eigenvalue weighted by Gasteiger charge is 2.19. The van der Waals surface area contributed by atoms with Crippen LogP contribution in [0.3, 0.4) is 0 Å². The van der Waals surface area contributed by atoms with Crippen LogP contribution in [0.5, 0.6) is 5.75 Å². The van der Waals surface area contributed by atoms with Crippen LogP contribution >= 0.6 is 0 Å². The fraction of sp³-hybridized carbons (Fsp3) is 0.500. The number of hydrogen-bond acceptors (Lipinski definition) is 3. The van der Waals surface area contributed by atoms with Crippen molar-refractivity contribution in [3.8, 4) is 5.75 Å².